The molecule has 6 nitrogen and oxygen atoms in total. The molecule has 1 saturated heterocycles. The van der Waals surface area contributed by atoms with Gasteiger partial charge in [0.1, 0.15) is 11.5 Å². The Morgan fingerprint density at radius 2 is 2.00 bits per heavy atom. The lowest BCUT2D eigenvalue weighted by molar-refractivity contribution is -0.140. The van der Waals surface area contributed by atoms with Crippen LogP contribution in [0, 0.1) is 0 Å². The number of Topliss-reactive ketones (excluding diaryl/α,β-unsaturated/α-hetero) is 1. The van der Waals surface area contributed by atoms with Crippen LogP contribution in [0.4, 0.5) is 0 Å². The molecule has 2 aromatic rings. The Kier molecular flexibility index (Phi) is 6.39. The number of rotatable bonds is 7. The molecule has 0 radical (unpaired) electrons. The van der Waals surface area contributed by atoms with E-state index >= 15 is 0 Å². The largest absolute Gasteiger partial charge is 0.507 e. The molecule has 1 atom stereocenters. The molecule has 0 saturated carbocycles. The third-order valence-electron chi connectivity index (χ3n) is 5.01. The molecule has 2 heterocycles. The van der Waals surface area contributed by atoms with Gasteiger partial charge in [-0.25, -0.2) is 0 Å². The van der Waals surface area contributed by atoms with E-state index in [0.717, 1.165) is 10.4 Å². The lowest BCUT2D eigenvalue weighted by Crippen LogP contribution is -2.32. The smallest absolute Gasteiger partial charge is 0.295 e. The molecule has 1 aliphatic heterocycles. The average molecular weight is 416 g/mol. The van der Waals surface area contributed by atoms with Crippen molar-refractivity contribution in [3.63, 3.8) is 0 Å². The molecule has 1 unspecified atom stereocenters. The molecule has 7 heteroatoms. The molecule has 0 bridgehead atoms. The number of thiophene rings is 1. The fourth-order valence-corrected chi connectivity index (χ4v) is 4.38. The summed E-state index contributed by atoms with van der Waals surface area (Å²) in [6.07, 6.45) is 0. The lowest BCUT2D eigenvalue weighted by Gasteiger charge is -2.23. The second-order valence-electron chi connectivity index (χ2n) is 7.11. The molecular formula is C22H25NO5S. The van der Waals surface area contributed by atoms with Gasteiger partial charge in [-0.3, -0.25) is 9.59 Å². The monoisotopic (exact) mass is 415 g/mol. The Balaban J connectivity index is 2.15. The van der Waals surface area contributed by atoms with Gasteiger partial charge in [0.2, 0.25) is 0 Å². The fourth-order valence-electron chi connectivity index (χ4n) is 3.53. The molecule has 0 aliphatic carbocycles. The number of ether oxygens (including phenoxy) is 2. The number of methoxy groups -OCH3 is 2. The summed E-state index contributed by atoms with van der Waals surface area (Å²) < 4.78 is 10.5. The van der Waals surface area contributed by atoms with Crippen molar-refractivity contribution in [1.82, 2.24) is 4.90 Å². The van der Waals surface area contributed by atoms with Crippen molar-refractivity contribution in [3.8, 4) is 5.75 Å². The van der Waals surface area contributed by atoms with Gasteiger partial charge >= 0.3 is 0 Å². The van der Waals surface area contributed by atoms with Crippen LogP contribution in [-0.2, 0) is 14.3 Å². The van der Waals surface area contributed by atoms with E-state index in [2.05, 4.69) is 0 Å². The van der Waals surface area contributed by atoms with Gasteiger partial charge in [0.25, 0.3) is 11.7 Å². The first-order valence-corrected chi connectivity index (χ1v) is 10.3. The molecule has 154 valence electrons. The van der Waals surface area contributed by atoms with Gasteiger partial charge in [-0.1, -0.05) is 19.9 Å². The third kappa shape index (κ3) is 3.93. The second-order valence-corrected chi connectivity index (χ2v) is 8.09. The number of amides is 1. The van der Waals surface area contributed by atoms with Gasteiger partial charge < -0.3 is 19.5 Å². The Labute approximate surface area is 174 Å². The Bertz CT molecular complexity index is 933. The van der Waals surface area contributed by atoms with Gasteiger partial charge in [0.05, 0.1) is 25.3 Å². The third-order valence-corrected chi connectivity index (χ3v) is 5.94. The SMILES string of the molecule is COCCN1C(=O)C(=O)/C(=C(\O)c2ccc(OC)c(C(C)C)c2)C1c1cccs1. The van der Waals surface area contributed by atoms with Crippen molar-refractivity contribution in [2.45, 2.75) is 25.8 Å². The summed E-state index contributed by atoms with van der Waals surface area (Å²) in [4.78, 5) is 27.9. The number of ketones is 1. The number of carbonyl (C=O) groups excluding carboxylic acids is 2. The van der Waals surface area contributed by atoms with Crippen LogP contribution in [0.2, 0.25) is 0 Å². The predicted molar refractivity (Wildman–Crippen MR) is 112 cm³/mol. The predicted octanol–water partition coefficient (Wildman–Crippen LogP) is 3.95. The normalized spacial score (nSPS) is 18.7. The lowest BCUT2D eigenvalue weighted by atomic mass is 9.95. The van der Waals surface area contributed by atoms with Gasteiger partial charge in [-0.05, 0) is 41.1 Å². The molecule has 3 rings (SSSR count). The van der Waals surface area contributed by atoms with Crippen LogP contribution in [0.1, 0.15) is 41.8 Å². The van der Waals surface area contributed by atoms with E-state index in [0.29, 0.717) is 17.9 Å². The van der Waals surface area contributed by atoms with Crippen LogP contribution in [0.25, 0.3) is 5.76 Å². The maximum atomic E-state index is 12.9. The van der Waals surface area contributed by atoms with E-state index in [9.17, 15) is 14.7 Å². The molecule has 29 heavy (non-hydrogen) atoms. The first kappa shape index (κ1) is 21.1. The number of nitrogens with zero attached hydrogens (tertiary/aromatic N) is 1. The number of aliphatic hydroxyl groups is 1. The zero-order chi connectivity index (χ0) is 21.1. The van der Waals surface area contributed by atoms with E-state index in [1.54, 1.807) is 26.4 Å². The molecular weight excluding hydrogens is 390 g/mol. The van der Waals surface area contributed by atoms with Crippen LogP contribution < -0.4 is 4.74 Å². The van der Waals surface area contributed by atoms with Gasteiger partial charge in [-0.2, -0.15) is 0 Å². The molecule has 1 aromatic heterocycles. The number of aliphatic hydroxyl groups excluding tert-OH is 1. The summed E-state index contributed by atoms with van der Waals surface area (Å²) in [6.45, 7) is 4.61. The minimum atomic E-state index is -0.682. The fraction of sp³-hybridized carbons (Fsp3) is 0.364. The summed E-state index contributed by atoms with van der Waals surface area (Å²) in [5.74, 6) is -0.605. The zero-order valence-electron chi connectivity index (χ0n) is 17.0. The highest BCUT2D eigenvalue weighted by atomic mass is 32.1. The molecule has 1 fully saturated rings. The van der Waals surface area contributed by atoms with Gasteiger partial charge in [0.15, 0.2) is 0 Å². The highest BCUT2D eigenvalue weighted by molar-refractivity contribution is 7.10. The molecule has 1 aromatic carbocycles. The zero-order valence-corrected chi connectivity index (χ0v) is 17.8. The van der Waals surface area contributed by atoms with E-state index in [1.807, 2.05) is 37.4 Å². The van der Waals surface area contributed by atoms with Crippen molar-refractivity contribution in [2.24, 2.45) is 0 Å². The quantitative estimate of drug-likeness (QED) is 0.421. The average Bonchev–Trinajstić information content (AvgIpc) is 3.33. The molecule has 1 aliphatic rings. The second kappa shape index (κ2) is 8.80. The summed E-state index contributed by atoms with van der Waals surface area (Å²) in [5, 5.41) is 13.0. The molecule has 1 N–H and O–H groups in total. The van der Waals surface area contributed by atoms with E-state index < -0.39 is 17.7 Å². The topological polar surface area (TPSA) is 76.1 Å². The first-order chi connectivity index (χ1) is 13.9. The van der Waals surface area contributed by atoms with Crippen molar-refractivity contribution >= 4 is 28.8 Å². The van der Waals surface area contributed by atoms with Gasteiger partial charge in [0, 0.05) is 24.1 Å². The van der Waals surface area contributed by atoms with Crippen LogP contribution in [-0.4, -0.2) is 49.1 Å². The number of likely N-dealkylation sites (tertiary alicyclic amines) is 1. The summed E-state index contributed by atoms with van der Waals surface area (Å²) >= 11 is 1.44. The maximum absolute atomic E-state index is 12.9. The maximum Gasteiger partial charge on any atom is 0.295 e. The Hall–Kier alpha value is -2.64. The minimum absolute atomic E-state index is 0.105. The summed E-state index contributed by atoms with van der Waals surface area (Å²) in [6, 6.07) is 8.38. The number of hydrogen-bond donors (Lipinski definition) is 1. The van der Waals surface area contributed by atoms with Crippen molar-refractivity contribution in [2.75, 3.05) is 27.4 Å². The molecule has 1 amide bonds. The van der Waals surface area contributed by atoms with Crippen LogP contribution >= 0.6 is 11.3 Å². The van der Waals surface area contributed by atoms with Crippen molar-refractivity contribution < 1.29 is 24.2 Å². The molecule has 0 spiro atoms. The Morgan fingerprint density at radius 3 is 2.59 bits per heavy atom. The van der Waals surface area contributed by atoms with Gasteiger partial charge in [-0.15, -0.1) is 11.3 Å². The highest BCUT2D eigenvalue weighted by Crippen LogP contribution is 2.41. The van der Waals surface area contributed by atoms with E-state index in [-0.39, 0.29) is 23.8 Å². The number of carbonyl (C=O) groups is 2. The van der Waals surface area contributed by atoms with Crippen molar-refractivity contribution in [3.05, 3.63) is 57.3 Å². The van der Waals surface area contributed by atoms with Crippen LogP contribution in [0.3, 0.4) is 0 Å². The number of hydrogen-bond acceptors (Lipinski definition) is 6. The van der Waals surface area contributed by atoms with E-state index in [4.69, 9.17) is 9.47 Å². The standard InChI is InChI=1S/C22H25NO5S/c1-13(2)15-12-14(7-8-16(15)28-4)20(24)18-19(17-6-5-11-29-17)23(9-10-27-3)22(26)21(18)25/h5-8,11-13,19,24H,9-10H2,1-4H3/b20-18-. The summed E-state index contributed by atoms with van der Waals surface area (Å²) in [7, 11) is 3.14. The van der Waals surface area contributed by atoms with Crippen LogP contribution in [0.15, 0.2) is 41.3 Å². The Morgan fingerprint density at radius 1 is 1.24 bits per heavy atom. The van der Waals surface area contributed by atoms with Crippen molar-refractivity contribution in [1.29, 1.82) is 0 Å². The van der Waals surface area contributed by atoms with E-state index in [1.165, 1.54) is 16.2 Å². The first-order valence-electron chi connectivity index (χ1n) is 9.39. The minimum Gasteiger partial charge on any atom is -0.507 e. The highest BCUT2D eigenvalue weighted by Gasteiger charge is 2.46. The summed E-state index contributed by atoms with van der Waals surface area (Å²) in [5.41, 5.74) is 1.51. The number of benzene rings is 1. The van der Waals surface area contributed by atoms with Crippen LogP contribution in [0.5, 0.6) is 5.75 Å².